The zero-order chi connectivity index (χ0) is 14.7. The summed E-state index contributed by atoms with van der Waals surface area (Å²) in [6.07, 6.45) is 1.14. The molecule has 0 aromatic heterocycles. The summed E-state index contributed by atoms with van der Waals surface area (Å²) in [4.78, 5) is 11.0. The highest BCUT2D eigenvalue weighted by Gasteiger charge is 2.21. The van der Waals surface area contributed by atoms with Gasteiger partial charge in [-0.25, -0.2) is 0 Å². The van der Waals surface area contributed by atoms with Crippen LogP contribution >= 0.6 is 0 Å². The lowest BCUT2D eigenvalue weighted by Gasteiger charge is -2.12. The standard InChI is InChI=1S/C17H18N2O2/c18-17(20)13-7-5-12(6-8-13)10-19-11-15-9-14-3-1-2-4-16(14)21-15/h1-8,15,19H,9-11H2,(H2,18,20). The highest BCUT2D eigenvalue weighted by atomic mass is 16.5. The number of hydrogen-bond donors (Lipinski definition) is 2. The van der Waals surface area contributed by atoms with Crippen LogP contribution in [0.5, 0.6) is 5.75 Å². The molecule has 2 aromatic carbocycles. The van der Waals surface area contributed by atoms with Gasteiger partial charge in [0, 0.05) is 25.1 Å². The molecule has 0 fully saturated rings. The molecule has 1 aliphatic heterocycles. The van der Waals surface area contributed by atoms with Crippen molar-refractivity contribution in [1.82, 2.24) is 5.32 Å². The van der Waals surface area contributed by atoms with E-state index in [4.69, 9.17) is 10.5 Å². The van der Waals surface area contributed by atoms with Gasteiger partial charge in [-0.05, 0) is 29.3 Å². The first-order valence-electron chi connectivity index (χ1n) is 7.06. The van der Waals surface area contributed by atoms with E-state index in [-0.39, 0.29) is 6.10 Å². The summed E-state index contributed by atoms with van der Waals surface area (Å²) in [7, 11) is 0. The molecule has 0 saturated carbocycles. The molecule has 0 saturated heterocycles. The summed E-state index contributed by atoms with van der Waals surface area (Å²) >= 11 is 0. The summed E-state index contributed by atoms with van der Waals surface area (Å²) in [6, 6.07) is 15.5. The Hall–Kier alpha value is -2.33. The van der Waals surface area contributed by atoms with Crippen LogP contribution in [0, 0.1) is 0 Å². The maximum atomic E-state index is 11.0. The average Bonchev–Trinajstić information content (AvgIpc) is 2.90. The fourth-order valence-electron chi connectivity index (χ4n) is 2.53. The third-order valence-electron chi connectivity index (χ3n) is 3.65. The minimum atomic E-state index is -0.397. The van der Waals surface area contributed by atoms with E-state index < -0.39 is 5.91 Å². The van der Waals surface area contributed by atoms with Gasteiger partial charge in [0.2, 0.25) is 5.91 Å². The first-order chi connectivity index (χ1) is 10.2. The molecule has 0 radical (unpaired) electrons. The van der Waals surface area contributed by atoms with Gasteiger partial charge in [-0.15, -0.1) is 0 Å². The Bertz CT molecular complexity index is 612. The molecule has 0 aliphatic carbocycles. The predicted molar refractivity (Wildman–Crippen MR) is 81.2 cm³/mol. The third-order valence-corrected chi connectivity index (χ3v) is 3.65. The summed E-state index contributed by atoms with van der Waals surface area (Å²) in [5.41, 5.74) is 8.15. The molecule has 3 rings (SSSR count). The number of para-hydroxylation sites is 1. The van der Waals surface area contributed by atoms with Gasteiger partial charge < -0.3 is 15.8 Å². The number of fused-ring (bicyclic) bond motifs is 1. The van der Waals surface area contributed by atoms with Crippen LogP contribution in [-0.4, -0.2) is 18.6 Å². The molecule has 2 aromatic rings. The molecule has 4 nitrogen and oxygen atoms in total. The SMILES string of the molecule is NC(=O)c1ccc(CNCC2Cc3ccccc3O2)cc1. The summed E-state index contributed by atoms with van der Waals surface area (Å²) in [6.45, 7) is 1.54. The van der Waals surface area contributed by atoms with Crippen molar-refractivity contribution in [3.63, 3.8) is 0 Å². The Kier molecular flexibility index (Phi) is 3.88. The highest BCUT2D eigenvalue weighted by Crippen LogP contribution is 2.27. The Balaban J connectivity index is 1.48. The fourth-order valence-corrected chi connectivity index (χ4v) is 2.53. The van der Waals surface area contributed by atoms with E-state index in [1.54, 1.807) is 12.1 Å². The van der Waals surface area contributed by atoms with Gasteiger partial charge in [0.25, 0.3) is 0 Å². The monoisotopic (exact) mass is 282 g/mol. The molecule has 1 amide bonds. The Morgan fingerprint density at radius 1 is 1.19 bits per heavy atom. The van der Waals surface area contributed by atoms with Crippen LogP contribution in [0.3, 0.4) is 0 Å². The quantitative estimate of drug-likeness (QED) is 0.880. The number of carbonyl (C=O) groups is 1. The lowest BCUT2D eigenvalue weighted by molar-refractivity contribution is 0.100. The van der Waals surface area contributed by atoms with Crippen molar-refractivity contribution in [3.05, 3.63) is 65.2 Å². The molecule has 21 heavy (non-hydrogen) atoms. The van der Waals surface area contributed by atoms with Crippen LogP contribution < -0.4 is 15.8 Å². The number of benzene rings is 2. The molecule has 1 unspecified atom stereocenters. The van der Waals surface area contributed by atoms with E-state index in [1.165, 1.54) is 5.56 Å². The maximum absolute atomic E-state index is 11.0. The Labute approximate surface area is 123 Å². The minimum absolute atomic E-state index is 0.187. The number of hydrogen-bond acceptors (Lipinski definition) is 3. The van der Waals surface area contributed by atoms with E-state index in [0.29, 0.717) is 5.56 Å². The van der Waals surface area contributed by atoms with Crippen LogP contribution in [-0.2, 0) is 13.0 Å². The van der Waals surface area contributed by atoms with E-state index >= 15 is 0 Å². The molecule has 1 atom stereocenters. The molecular weight excluding hydrogens is 264 g/mol. The number of primary amides is 1. The first-order valence-corrected chi connectivity index (χ1v) is 7.06. The van der Waals surface area contributed by atoms with Crippen molar-refractivity contribution >= 4 is 5.91 Å². The number of carbonyl (C=O) groups excluding carboxylic acids is 1. The lowest BCUT2D eigenvalue weighted by atomic mass is 10.1. The number of nitrogens with one attached hydrogen (secondary N) is 1. The second kappa shape index (κ2) is 5.97. The van der Waals surface area contributed by atoms with Gasteiger partial charge in [0.05, 0.1) is 0 Å². The summed E-state index contributed by atoms with van der Waals surface area (Å²) < 4.78 is 5.87. The van der Waals surface area contributed by atoms with Gasteiger partial charge in [-0.2, -0.15) is 0 Å². The van der Waals surface area contributed by atoms with Crippen molar-refractivity contribution in [1.29, 1.82) is 0 Å². The molecule has 0 bridgehead atoms. The van der Waals surface area contributed by atoms with E-state index in [1.807, 2.05) is 30.3 Å². The topological polar surface area (TPSA) is 64.4 Å². The second-order valence-electron chi connectivity index (χ2n) is 5.24. The summed E-state index contributed by atoms with van der Waals surface area (Å²) in [5.74, 6) is 0.599. The van der Waals surface area contributed by atoms with Crippen molar-refractivity contribution in [3.8, 4) is 5.75 Å². The molecule has 1 aliphatic rings. The third kappa shape index (κ3) is 3.23. The number of amides is 1. The van der Waals surface area contributed by atoms with E-state index in [2.05, 4.69) is 11.4 Å². The van der Waals surface area contributed by atoms with Crippen molar-refractivity contribution in [2.45, 2.75) is 19.1 Å². The zero-order valence-corrected chi connectivity index (χ0v) is 11.7. The number of rotatable bonds is 5. The second-order valence-corrected chi connectivity index (χ2v) is 5.24. The number of nitrogens with two attached hydrogens (primary N) is 1. The molecule has 0 spiro atoms. The number of ether oxygens (including phenoxy) is 1. The average molecular weight is 282 g/mol. The minimum Gasteiger partial charge on any atom is -0.488 e. The van der Waals surface area contributed by atoms with Crippen molar-refractivity contribution in [2.75, 3.05) is 6.54 Å². The highest BCUT2D eigenvalue weighted by molar-refractivity contribution is 5.92. The van der Waals surface area contributed by atoms with Gasteiger partial charge in [0.15, 0.2) is 0 Å². The van der Waals surface area contributed by atoms with Gasteiger partial charge in [0.1, 0.15) is 11.9 Å². The molecule has 108 valence electrons. The first kappa shape index (κ1) is 13.6. The van der Waals surface area contributed by atoms with Crippen LogP contribution in [0.25, 0.3) is 0 Å². The summed E-state index contributed by atoms with van der Waals surface area (Å²) in [5, 5.41) is 3.39. The van der Waals surface area contributed by atoms with Crippen molar-refractivity contribution in [2.24, 2.45) is 5.73 Å². The lowest BCUT2D eigenvalue weighted by Crippen LogP contribution is -2.29. The Morgan fingerprint density at radius 2 is 1.95 bits per heavy atom. The molecule has 1 heterocycles. The van der Waals surface area contributed by atoms with Crippen LogP contribution in [0.2, 0.25) is 0 Å². The van der Waals surface area contributed by atoms with Crippen LogP contribution in [0.1, 0.15) is 21.5 Å². The predicted octanol–water partition coefficient (Wildman–Crippen LogP) is 1.88. The maximum Gasteiger partial charge on any atom is 0.248 e. The van der Waals surface area contributed by atoms with Gasteiger partial charge in [-0.3, -0.25) is 4.79 Å². The molecule has 4 heteroatoms. The zero-order valence-electron chi connectivity index (χ0n) is 11.7. The van der Waals surface area contributed by atoms with Crippen molar-refractivity contribution < 1.29 is 9.53 Å². The Morgan fingerprint density at radius 3 is 2.67 bits per heavy atom. The van der Waals surface area contributed by atoms with E-state index in [0.717, 1.165) is 30.8 Å². The molecular formula is C17H18N2O2. The van der Waals surface area contributed by atoms with Crippen LogP contribution in [0.4, 0.5) is 0 Å². The van der Waals surface area contributed by atoms with Gasteiger partial charge >= 0.3 is 0 Å². The molecule has 3 N–H and O–H groups in total. The normalized spacial score (nSPS) is 16.3. The van der Waals surface area contributed by atoms with Gasteiger partial charge in [-0.1, -0.05) is 30.3 Å². The van der Waals surface area contributed by atoms with E-state index in [9.17, 15) is 4.79 Å². The smallest absolute Gasteiger partial charge is 0.248 e. The fraction of sp³-hybridized carbons (Fsp3) is 0.235. The largest absolute Gasteiger partial charge is 0.488 e. The van der Waals surface area contributed by atoms with Crippen LogP contribution in [0.15, 0.2) is 48.5 Å².